The number of hydrogen-bond donors (Lipinski definition) is 1. The summed E-state index contributed by atoms with van der Waals surface area (Å²) in [6.07, 6.45) is 0. The Morgan fingerprint density at radius 1 is 1.38 bits per heavy atom. The highest BCUT2D eigenvalue weighted by Crippen LogP contribution is 2.13. The van der Waals surface area contributed by atoms with E-state index in [4.69, 9.17) is 5.26 Å². The van der Waals surface area contributed by atoms with E-state index in [0.29, 0.717) is 0 Å². The van der Waals surface area contributed by atoms with Crippen molar-refractivity contribution in [2.75, 3.05) is 5.75 Å². The molecule has 0 amide bonds. The van der Waals surface area contributed by atoms with Crippen molar-refractivity contribution in [3.05, 3.63) is 35.4 Å². The van der Waals surface area contributed by atoms with Gasteiger partial charge >= 0.3 is 0 Å². The van der Waals surface area contributed by atoms with Gasteiger partial charge in [0.05, 0.1) is 6.07 Å². The maximum Gasteiger partial charge on any atom is 0.225 e. The first kappa shape index (κ1) is 12.7. The lowest BCUT2D eigenvalue weighted by molar-refractivity contribution is 0.570. The first-order valence-electron chi connectivity index (χ1n) is 4.88. The van der Waals surface area contributed by atoms with Gasteiger partial charge in [0.2, 0.25) is 10.0 Å². The number of nitrogens with one attached hydrogen (secondary N) is 1. The Hall–Kier alpha value is -1.38. The molecule has 0 aromatic heterocycles. The van der Waals surface area contributed by atoms with E-state index in [9.17, 15) is 8.42 Å². The molecule has 0 fully saturated rings. The van der Waals surface area contributed by atoms with Gasteiger partial charge in [0.15, 0.2) is 5.75 Å². The van der Waals surface area contributed by atoms with Crippen molar-refractivity contribution in [2.24, 2.45) is 0 Å². The highest BCUT2D eigenvalue weighted by Gasteiger charge is 2.14. The molecule has 0 spiro atoms. The largest absolute Gasteiger partial charge is 0.225 e. The SMILES string of the molecule is Cc1ccc(C(C)NS(=O)(=O)CC#N)cc1. The Labute approximate surface area is 96.0 Å². The molecule has 1 unspecified atom stereocenters. The standard InChI is InChI=1S/C11H14N2O2S/c1-9-3-5-11(6-4-9)10(2)13-16(14,15)8-7-12/h3-6,10,13H,8H2,1-2H3. The Morgan fingerprint density at radius 2 is 1.94 bits per heavy atom. The van der Waals surface area contributed by atoms with E-state index in [1.54, 1.807) is 13.0 Å². The molecule has 0 saturated carbocycles. The van der Waals surface area contributed by atoms with Crippen molar-refractivity contribution in [1.82, 2.24) is 4.72 Å². The fourth-order valence-electron chi connectivity index (χ4n) is 1.32. The van der Waals surface area contributed by atoms with E-state index >= 15 is 0 Å². The van der Waals surface area contributed by atoms with Crippen LogP contribution in [0.25, 0.3) is 0 Å². The monoisotopic (exact) mass is 238 g/mol. The van der Waals surface area contributed by atoms with E-state index in [1.165, 1.54) is 0 Å². The number of nitriles is 1. The third-order valence-corrected chi connectivity index (χ3v) is 3.41. The van der Waals surface area contributed by atoms with Crippen molar-refractivity contribution in [1.29, 1.82) is 5.26 Å². The Bertz CT molecular complexity index is 486. The van der Waals surface area contributed by atoms with E-state index in [-0.39, 0.29) is 6.04 Å². The fraction of sp³-hybridized carbons (Fsp3) is 0.364. The minimum atomic E-state index is -3.50. The Kier molecular flexibility index (Phi) is 4.05. The molecule has 1 atom stereocenters. The van der Waals surface area contributed by atoms with Crippen molar-refractivity contribution in [2.45, 2.75) is 19.9 Å². The Morgan fingerprint density at radius 3 is 2.44 bits per heavy atom. The zero-order valence-corrected chi connectivity index (χ0v) is 10.1. The summed E-state index contributed by atoms with van der Waals surface area (Å²) in [5.74, 6) is -0.511. The minimum Gasteiger partial charge on any atom is -0.211 e. The molecule has 1 aromatic carbocycles. The van der Waals surface area contributed by atoms with Gasteiger partial charge < -0.3 is 0 Å². The topological polar surface area (TPSA) is 70.0 Å². The number of aryl methyl sites for hydroxylation is 1. The van der Waals surface area contributed by atoms with Gasteiger partial charge in [-0.25, -0.2) is 13.1 Å². The molecule has 0 radical (unpaired) electrons. The Balaban J connectivity index is 2.77. The third kappa shape index (κ3) is 3.65. The zero-order chi connectivity index (χ0) is 12.2. The second kappa shape index (κ2) is 5.10. The van der Waals surface area contributed by atoms with Gasteiger partial charge in [0, 0.05) is 6.04 Å². The van der Waals surface area contributed by atoms with Gasteiger partial charge in [-0.2, -0.15) is 5.26 Å². The van der Waals surface area contributed by atoms with Crippen molar-refractivity contribution in [3.63, 3.8) is 0 Å². The van der Waals surface area contributed by atoms with Gasteiger partial charge in [-0.15, -0.1) is 0 Å². The van der Waals surface area contributed by atoms with Crippen LogP contribution in [0.1, 0.15) is 24.1 Å². The molecule has 5 heteroatoms. The van der Waals surface area contributed by atoms with E-state index < -0.39 is 15.8 Å². The van der Waals surface area contributed by atoms with Crippen LogP contribution >= 0.6 is 0 Å². The second-order valence-electron chi connectivity index (χ2n) is 3.67. The van der Waals surface area contributed by atoms with Gasteiger partial charge in [-0.05, 0) is 19.4 Å². The van der Waals surface area contributed by atoms with Gasteiger partial charge in [-0.3, -0.25) is 0 Å². The number of rotatable bonds is 4. The molecule has 1 rings (SSSR count). The first-order valence-corrected chi connectivity index (χ1v) is 6.53. The summed E-state index contributed by atoms with van der Waals surface area (Å²) in [7, 11) is -3.50. The lowest BCUT2D eigenvalue weighted by Crippen LogP contribution is -2.28. The van der Waals surface area contributed by atoms with Crippen LogP contribution in [0.15, 0.2) is 24.3 Å². The van der Waals surface area contributed by atoms with Crippen LogP contribution in [0, 0.1) is 18.3 Å². The normalized spacial score (nSPS) is 13.1. The number of sulfonamides is 1. The quantitative estimate of drug-likeness (QED) is 0.864. The lowest BCUT2D eigenvalue weighted by atomic mass is 10.1. The molecule has 86 valence electrons. The number of nitrogens with zero attached hydrogens (tertiary/aromatic N) is 1. The van der Waals surface area contributed by atoms with Crippen LogP contribution < -0.4 is 4.72 Å². The zero-order valence-electron chi connectivity index (χ0n) is 9.27. The maximum atomic E-state index is 11.3. The van der Waals surface area contributed by atoms with Crippen LogP contribution in [0.4, 0.5) is 0 Å². The van der Waals surface area contributed by atoms with E-state index in [1.807, 2.05) is 31.2 Å². The molecule has 0 heterocycles. The summed E-state index contributed by atoms with van der Waals surface area (Å²) in [5, 5.41) is 8.35. The van der Waals surface area contributed by atoms with Gasteiger partial charge in [0.1, 0.15) is 0 Å². The molecular formula is C11H14N2O2S. The molecule has 0 aliphatic heterocycles. The number of hydrogen-bond acceptors (Lipinski definition) is 3. The van der Waals surface area contributed by atoms with Crippen LogP contribution in [0.5, 0.6) is 0 Å². The third-order valence-electron chi connectivity index (χ3n) is 2.19. The first-order chi connectivity index (χ1) is 7.44. The molecular weight excluding hydrogens is 224 g/mol. The predicted octanol–water partition coefficient (Wildman–Crippen LogP) is 1.50. The lowest BCUT2D eigenvalue weighted by Gasteiger charge is -2.13. The molecule has 0 saturated heterocycles. The fourth-order valence-corrected chi connectivity index (χ4v) is 2.25. The van der Waals surface area contributed by atoms with E-state index in [2.05, 4.69) is 4.72 Å². The second-order valence-corrected chi connectivity index (χ2v) is 5.42. The average molecular weight is 238 g/mol. The van der Waals surface area contributed by atoms with Gasteiger partial charge in [-0.1, -0.05) is 29.8 Å². The molecule has 1 N–H and O–H groups in total. The molecule has 4 nitrogen and oxygen atoms in total. The summed E-state index contributed by atoms with van der Waals surface area (Å²) in [5.41, 5.74) is 2.00. The summed E-state index contributed by atoms with van der Waals surface area (Å²) < 4.78 is 25.1. The van der Waals surface area contributed by atoms with Gasteiger partial charge in [0.25, 0.3) is 0 Å². The van der Waals surface area contributed by atoms with Crippen molar-refractivity contribution < 1.29 is 8.42 Å². The number of benzene rings is 1. The predicted molar refractivity (Wildman–Crippen MR) is 62.1 cm³/mol. The summed E-state index contributed by atoms with van der Waals surface area (Å²) in [6.45, 7) is 3.72. The van der Waals surface area contributed by atoms with Crippen LogP contribution in [-0.4, -0.2) is 14.2 Å². The highest BCUT2D eigenvalue weighted by atomic mass is 32.2. The smallest absolute Gasteiger partial charge is 0.211 e. The molecule has 16 heavy (non-hydrogen) atoms. The van der Waals surface area contributed by atoms with Crippen LogP contribution in [-0.2, 0) is 10.0 Å². The van der Waals surface area contributed by atoms with Crippen LogP contribution in [0.2, 0.25) is 0 Å². The van der Waals surface area contributed by atoms with E-state index in [0.717, 1.165) is 11.1 Å². The molecule has 0 aliphatic carbocycles. The van der Waals surface area contributed by atoms with Crippen LogP contribution in [0.3, 0.4) is 0 Å². The highest BCUT2D eigenvalue weighted by molar-refractivity contribution is 7.89. The molecule has 0 bridgehead atoms. The van der Waals surface area contributed by atoms with Crippen molar-refractivity contribution >= 4 is 10.0 Å². The maximum absolute atomic E-state index is 11.3. The summed E-state index contributed by atoms with van der Waals surface area (Å²) in [6, 6.07) is 8.89. The van der Waals surface area contributed by atoms with Crippen molar-refractivity contribution in [3.8, 4) is 6.07 Å². The molecule has 1 aromatic rings. The minimum absolute atomic E-state index is 0.320. The summed E-state index contributed by atoms with van der Waals surface area (Å²) >= 11 is 0. The molecule has 0 aliphatic rings. The average Bonchev–Trinajstić information content (AvgIpc) is 2.17. The summed E-state index contributed by atoms with van der Waals surface area (Å²) in [4.78, 5) is 0.